The van der Waals surface area contributed by atoms with E-state index in [0.717, 1.165) is 38.6 Å². The fourth-order valence-corrected chi connectivity index (χ4v) is 8.98. The Labute approximate surface area is 310 Å². The first kappa shape index (κ1) is 34.8. The molecule has 2 atom stereocenters. The van der Waals surface area contributed by atoms with Gasteiger partial charge in [-0.2, -0.15) is 5.10 Å². The van der Waals surface area contributed by atoms with Crippen molar-refractivity contribution in [3.63, 3.8) is 0 Å². The standard InChI is InChI=1S/C40H42N8O4S/c1-24-18-26(3)44-48-33(24)19-31-35(48)42-23-47(38(31)50)22-40(52)13-16-45(17-14-40)37(49)30-12-15-46(21-32(30)28-8-6-5-7-9-28)39(51)34-27(4)43-36(53-34)29-11-10-25(2)41-20-29/h5-11,18-20,23,30,32,52H,12-17,21-22H2,1-4H3/t30-,32+/m1/s1. The van der Waals surface area contributed by atoms with Gasteiger partial charge in [0, 0.05) is 55.5 Å². The van der Waals surface area contributed by atoms with E-state index in [9.17, 15) is 19.5 Å². The van der Waals surface area contributed by atoms with E-state index in [0.29, 0.717) is 67.0 Å². The van der Waals surface area contributed by atoms with Crippen LogP contribution in [-0.4, -0.2) is 87.6 Å². The second kappa shape index (κ2) is 13.6. The molecule has 5 aromatic heterocycles. The number of aryl methyl sites for hydroxylation is 4. The number of aliphatic hydroxyl groups is 1. The number of carbonyl (C=O) groups is 2. The summed E-state index contributed by atoms with van der Waals surface area (Å²) in [6.07, 6.45) is 4.46. The van der Waals surface area contributed by atoms with Gasteiger partial charge < -0.3 is 14.9 Å². The van der Waals surface area contributed by atoms with Gasteiger partial charge in [0.15, 0.2) is 5.65 Å². The summed E-state index contributed by atoms with van der Waals surface area (Å²) in [6.45, 7) is 9.38. The molecule has 2 aliphatic heterocycles. The molecule has 0 aliphatic carbocycles. The SMILES string of the molecule is Cc1ccc(-c2nc(C)c(C(=O)N3CC[C@@H](C(=O)N4CCC(O)(Cn5cnc6c(cc7c(C)cc(C)nn76)c5=O)CC4)[C@H](c4ccccc4)C3)s2)cn1. The molecule has 6 aromatic rings. The maximum absolute atomic E-state index is 14.3. The molecule has 0 unspecified atom stereocenters. The zero-order chi connectivity index (χ0) is 37.0. The zero-order valence-corrected chi connectivity index (χ0v) is 31.1. The van der Waals surface area contributed by atoms with Gasteiger partial charge in [0.25, 0.3) is 11.5 Å². The van der Waals surface area contributed by atoms with E-state index in [-0.39, 0.29) is 35.8 Å². The number of carbonyl (C=O) groups excluding carboxylic acids is 2. The van der Waals surface area contributed by atoms with E-state index in [1.54, 1.807) is 10.7 Å². The lowest BCUT2D eigenvalue weighted by atomic mass is 9.79. The fraction of sp³-hybridized carbons (Fsp3) is 0.375. The minimum atomic E-state index is -1.17. The third kappa shape index (κ3) is 6.52. The van der Waals surface area contributed by atoms with E-state index >= 15 is 0 Å². The van der Waals surface area contributed by atoms with Crippen LogP contribution < -0.4 is 5.56 Å². The lowest BCUT2D eigenvalue weighted by Crippen LogP contribution is -2.53. The minimum Gasteiger partial charge on any atom is -0.388 e. The van der Waals surface area contributed by atoms with Gasteiger partial charge >= 0.3 is 0 Å². The van der Waals surface area contributed by atoms with Crippen molar-refractivity contribution in [3.05, 3.63) is 111 Å². The molecular formula is C40H42N8O4S. The smallest absolute Gasteiger partial charge is 0.265 e. The molecule has 1 aromatic carbocycles. The van der Waals surface area contributed by atoms with Crippen molar-refractivity contribution in [2.45, 2.75) is 65.0 Å². The predicted molar refractivity (Wildman–Crippen MR) is 203 cm³/mol. The Morgan fingerprint density at radius 3 is 2.45 bits per heavy atom. The van der Waals surface area contributed by atoms with Crippen LogP contribution in [0.1, 0.15) is 63.1 Å². The van der Waals surface area contributed by atoms with Crippen molar-refractivity contribution in [3.8, 4) is 10.6 Å². The van der Waals surface area contributed by atoms with E-state index in [2.05, 4.69) is 15.1 Å². The number of thiazole rings is 1. The summed E-state index contributed by atoms with van der Waals surface area (Å²) in [7, 11) is 0. The van der Waals surface area contributed by atoms with Crippen molar-refractivity contribution >= 4 is 39.7 Å². The molecule has 0 saturated carbocycles. The number of amides is 2. The molecule has 272 valence electrons. The second-order valence-electron chi connectivity index (χ2n) is 14.7. The fourth-order valence-electron chi connectivity index (χ4n) is 7.95. The normalized spacial score (nSPS) is 18.9. The van der Waals surface area contributed by atoms with Crippen molar-refractivity contribution < 1.29 is 14.7 Å². The van der Waals surface area contributed by atoms with E-state index < -0.39 is 5.60 Å². The van der Waals surface area contributed by atoms with Crippen LogP contribution in [-0.2, 0) is 11.3 Å². The quantitative estimate of drug-likeness (QED) is 0.250. The Kier molecular flexibility index (Phi) is 8.94. The van der Waals surface area contributed by atoms with E-state index in [4.69, 9.17) is 4.98 Å². The molecule has 2 fully saturated rings. The highest BCUT2D eigenvalue weighted by Gasteiger charge is 2.42. The molecule has 7 heterocycles. The number of piperidine rings is 2. The molecule has 0 spiro atoms. The summed E-state index contributed by atoms with van der Waals surface area (Å²) in [5, 5.41) is 17.5. The molecular weight excluding hydrogens is 689 g/mol. The highest BCUT2D eigenvalue weighted by molar-refractivity contribution is 7.17. The Bertz CT molecular complexity index is 2410. The van der Waals surface area contributed by atoms with Crippen LogP contribution in [0.4, 0.5) is 0 Å². The first-order valence-corrected chi connectivity index (χ1v) is 18.9. The average molecular weight is 731 g/mol. The summed E-state index contributed by atoms with van der Waals surface area (Å²) in [5.41, 5.74) is 5.26. The molecule has 2 amide bonds. The molecule has 13 heteroatoms. The summed E-state index contributed by atoms with van der Waals surface area (Å²) in [5.74, 6) is -0.537. The largest absolute Gasteiger partial charge is 0.388 e. The lowest BCUT2D eigenvalue weighted by Gasteiger charge is -2.43. The average Bonchev–Trinajstić information content (AvgIpc) is 3.74. The van der Waals surface area contributed by atoms with Gasteiger partial charge in [-0.1, -0.05) is 30.3 Å². The summed E-state index contributed by atoms with van der Waals surface area (Å²) >= 11 is 1.38. The highest BCUT2D eigenvalue weighted by Crippen LogP contribution is 2.37. The maximum atomic E-state index is 14.3. The molecule has 1 N–H and O–H groups in total. The Balaban J connectivity index is 0.968. The summed E-state index contributed by atoms with van der Waals surface area (Å²) in [6, 6.07) is 17.7. The van der Waals surface area contributed by atoms with Gasteiger partial charge in [-0.05, 0) is 82.3 Å². The van der Waals surface area contributed by atoms with Gasteiger partial charge in [0.2, 0.25) is 5.91 Å². The molecule has 0 radical (unpaired) electrons. The van der Waals surface area contributed by atoms with Gasteiger partial charge in [-0.25, -0.2) is 14.5 Å². The third-order valence-electron chi connectivity index (χ3n) is 10.9. The number of nitrogens with zero attached hydrogens (tertiary/aromatic N) is 8. The van der Waals surface area contributed by atoms with Crippen molar-refractivity contribution in [1.82, 2.24) is 38.9 Å². The number of fused-ring (bicyclic) bond motifs is 3. The minimum absolute atomic E-state index is 0.0371. The topological polar surface area (TPSA) is 139 Å². The number of benzene rings is 1. The van der Waals surface area contributed by atoms with Gasteiger partial charge in [-0.3, -0.25) is 23.9 Å². The van der Waals surface area contributed by atoms with Crippen molar-refractivity contribution in [1.29, 1.82) is 0 Å². The highest BCUT2D eigenvalue weighted by atomic mass is 32.1. The van der Waals surface area contributed by atoms with Crippen LogP contribution in [0.15, 0.2) is 71.9 Å². The zero-order valence-electron chi connectivity index (χ0n) is 30.3. The van der Waals surface area contributed by atoms with Crippen LogP contribution in [0.5, 0.6) is 0 Å². The Morgan fingerprint density at radius 1 is 0.943 bits per heavy atom. The number of aromatic nitrogens is 6. The number of hydrogen-bond donors (Lipinski definition) is 1. The monoisotopic (exact) mass is 730 g/mol. The predicted octanol–water partition coefficient (Wildman–Crippen LogP) is 5.10. The van der Waals surface area contributed by atoms with Gasteiger partial charge in [0.1, 0.15) is 16.2 Å². The van der Waals surface area contributed by atoms with Crippen molar-refractivity contribution in [2.75, 3.05) is 26.2 Å². The molecule has 2 saturated heterocycles. The van der Waals surface area contributed by atoms with E-state index in [1.807, 2.05) is 92.1 Å². The number of rotatable bonds is 6. The number of pyridine rings is 1. The van der Waals surface area contributed by atoms with Crippen molar-refractivity contribution in [2.24, 2.45) is 5.92 Å². The van der Waals surface area contributed by atoms with Crippen LogP contribution in [0.3, 0.4) is 0 Å². The first-order valence-electron chi connectivity index (χ1n) is 18.1. The molecule has 0 bridgehead atoms. The molecule has 12 nitrogen and oxygen atoms in total. The second-order valence-corrected chi connectivity index (χ2v) is 15.7. The Hall–Kier alpha value is -5.27. The van der Waals surface area contributed by atoms with Crippen LogP contribution in [0, 0.1) is 33.6 Å². The Morgan fingerprint density at radius 2 is 1.72 bits per heavy atom. The lowest BCUT2D eigenvalue weighted by molar-refractivity contribution is -0.142. The number of hydrogen-bond acceptors (Lipinski definition) is 9. The molecule has 8 rings (SSSR count). The van der Waals surface area contributed by atoms with Crippen LogP contribution >= 0.6 is 11.3 Å². The first-order chi connectivity index (χ1) is 25.5. The number of likely N-dealkylation sites (tertiary alicyclic amines) is 2. The molecule has 2 aliphatic rings. The summed E-state index contributed by atoms with van der Waals surface area (Å²) in [4.78, 5) is 59.8. The molecule has 53 heavy (non-hydrogen) atoms. The van der Waals surface area contributed by atoms with Crippen LogP contribution in [0.25, 0.3) is 27.1 Å². The third-order valence-corrected chi connectivity index (χ3v) is 12.1. The van der Waals surface area contributed by atoms with Gasteiger partial charge in [-0.15, -0.1) is 11.3 Å². The van der Waals surface area contributed by atoms with E-state index in [1.165, 1.54) is 22.2 Å². The van der Waals surface area contributed by atoms with Gasteiger partial charge in [0.05, 0.1) is 34.4 Å². The summed E-state index contributed by atoms with van der Waals surface area (Å²) < 4.78 is 3.18. The van der Waals surface area contributed by atoms with Crippen LogP contribution in [0.2, 0.25) is 0 Å². The maximum Gasteiger partial charge on any atom is 0.265 e.